The minimum absolute atomic E-state index is 0.382. The van der Waals surface area contributed by atoms with Gasteiger partial charge >= 0.3 is 12.1 Å². The van der Waals surface area contributed by atoms with E-state index >= 15 is 0 Å². The summed E-state index contributed by atoms with van der Waals surface area (Å²) in [6.45, 7) is 1.77. The molecule has 5 heteroatoms. The normalized spacial score (nSPS) is 14.0. The first-order valence-corrected chi connectivity index (χ1v) is 11.8. The molecule has 5 nitrogen and oxygen atoms in total. The molecule has 35 heavy (non-hydrogen) atoms. The Morgan fingerprint density at radius 1 is 0.829 bits per heavy atom. The maximum Gasteiger partial charge on any atom is 0.408 e. The fourth-order valence-electron chi connectivity index (χ4n) is 4.94. The van der Waals surface area contributed by atoms with Crippen LogP contribution < -0.4 is 5.32 Å². The molecule has 0 fully saturated rings. The number of carbonyl (C=O) groups is 2. The van der Waals surface area contributed by atoms with Crippen LogP contribution in [-0.4, -0.2) is 25.2 Å². The van der Waals surface area contributed by atoms with E-state index in [0.29, 0.717) is 6.42 Å². The van der Waals surface area contributed by atoms with Gasteiger partial charge in [-0.25, -0.2) is 4.79 Å². The summed E-state index contributed by atoms with van der Waals surface area (Å²) in [7, 11) is 1.36. The first-order valence-electron chi connectivity index (χ1n) is 11.8. The standard InChI is InChI=1S/C30H27NO4/c1-19(29(32)34-2)27(18-21-12-9-11-20-10-3-4-13-22(20)21)31-30(33)35-28-25-16-7-5-14-23(25)24-15-6-8-17-26(24)28/h3-17,19,27-28H,18H2,1-2H3,(H,31,33)/t19-,27-/m0/s1. The maximum atomic E-state index is 13.2. The molecule has 0 radical (unpaired) electrons. The van der Waals surface area contributed by atoms with Crippen LogP contribution in [0.15, 0.2) is 91.0 Å². The van der Waals surface area contributed by atoms with Gasteiger partial charge in [0.2, 0.25) is 0 Å². The molecule has 2 atom stereocenters. The minimum atomic E-state index is -0.567. The van der Waals surface area contributed by atoms with E-state index in [-0.39, 0.29) is 5.97 Å². The van der Waals surface area contributed by atoms with Gasteiger partial charge in [0.1, 0.15) is 0 Å². The molecule has 4 aromatic carbocycles. The summed E-state index contributed by atoms with van der Waals surface area (Å²) in [5.41, 5.74) is 5.08. The van der Waals surface area contributed by atoms with Gasteiger partial charge in [0, 0.05) is 17.2 Å². The van der Waals surface area contributed by atoms with Crippen molar-refractivity contribution in [2.45, 2.75) is 25.5 Å². The molecule has 4 aromatic rings. The van der Waals surface area contributed by atoms with Gasteiger partial charge in [-0.2, -0.15) is 0 Å². The number of nitrogens with one attached hydrogen (secondary N) is 1. The van der Waals surface area contributed by atoms with Gasteiger partial charge in [-0.05, 0) is 40.8 Å². The number of hydrogen-bond donors (Lipinski definition) is 1. The molecule has 0 aromatic heterocycles. The van der Waals surface area contributed by atoms with Crippen LogP contribution in [0, 0.1) is 5.92 Å². The van der Waals surface area contributed by atoms with Crippen molar-refractivity contribution in [3.05, 3.63) is 108 Å². The zero-order chi connectivity index (χ0) is 24.4. The Morgan fingerprint density at radius 2 is 1.43 bits per heavy atom. The third-order valence-electron chi connectivity index (χ3n) is 6.80. The molecule has 1 aliphatic rings. The summed E-state index contributed by atoms with van der Waals surface area (Å²) in [6, 6.07) is 29.5. The monoisotopic (exact) mass is 465 g/mol. The van der Waals surface area contributed by atoms with Crippen molar-refractivity contribution in [1.29, 1.82) is 0 Å². The number of benzene rings is 4. The second-order valence-electron chi connectivity index (χ2n) is 8.86. The number of fused-ring (bicyclic) bond motifs is 4. The lowest BCUT2D eigenvalue weighted by molar-refractivity contribution is -0.145. The van der Waals surface area contributed by atoms with Gasteiger partial charge < -0.3 is 14.8 Å². The average Bonchev–Trinajstić information content (AvgIpc) is 3.21. The molecule has 0 spiro atoms. The SMILES string of the molecule is COC(=O)[C@@H](C)[C@H](Cc1cccc2ccccc12)NC(=O)OC1c2ccccc2-c2ccccc21. The van der Waals surface area contributed by atoms with Gasteiger partial charge in [-0.15, -0.1) is 0 Å². The number of ether oxygens (including phenoxy) is 2. The number of hydrogen-bond acceptors (Lipinski definition) is 4. The molecule has 176 valence electrons. The van der Waals surface area contributed by atoms with E-state index in [4.69, 9.17) is 9.47 Å². The smallest absolute Gasteiger partial charge is 0.408 e. The number of esters is 1. The van der Waals surface area contributed by atoms with Crippen LogP contribution in [0.1, 0.15) is 29.7 Å². The highest BCUT2D eigenvalue weighted by Crippen LogP contribution is 2.45. The molecular formula is C30H27NO4. The van der Waals surface area contributed by atoms with E-state index in [1.54, 1.807) is 6.92 Å². The summed E-state index contributed by atoms with van der Waals surface area (Å²) in [6.07, 6.45) is -0.610. The molecule has 0 unspecified atom stereocenters. The van der Waals surface area contributed by atoms with E-state index in [0.717, 1.165) is 38.6 Å². The predicted octanol–water partition coefficient (Wildman–Crippen LogP) is 6.06. The lowest BCUT2D eigenvalue weighted by Crippen LogP contribution is -2.44. The fourth-order valence-corrected chi connectivity index (χ4v) is 4.94. The second-order valence-corrected chi connectivity index (χ2v) is 8.86. The van der Waals surface area contributed by atoms with Crippen molar-refractivity contribution < 1.29 is 19.1 Å². The number of methoxy groups -OCH3 is 1. The highest BCUT2D eigenvalue weighted by Gasteiger charge is 2.33. The van der Waals surface area contributed by atoms with Crippen molar-refractivity contribution >= 4 is 22.8 Å². The average molecular weight is 466 g/mol. The zero-order valence-electron chi connectivity index (χ0n) is 19.7. The zero-order valence-corrected chi connectivity index (χ0v) is 19.7. The third kappa shape index (κ3) is 4.37. The van der Waals surface area contributed by atoms with E-state index in [9.17, 15) is 9.59 Å². The largest absolute Gasteiger partial charge is 0.469 e. The summed E-state index contributed by atoms with van der Waals surface area (Å²) in [5.74, 6) is -0.943. The number of carbonyl (C=O) groups excluding carboxylic acids is 2. The van der Waals surface area contributed by atoms with E-state index in [1.165, 1.54) is 7.11 Å². The van der Waals surface area contributed by atoms with Crippen molar-refractivity contribution in [1.82, 2.24) is 5.32 Å². The third-order valence-corrected chi connectivity index (χ3v) is 6.80. The van der Waals surface area contributed by atoms with Gasteiger partial charge in [-0.3, -0.25) is 4.79 Å². The molecular weight excluding hydrogens is 438 g/mol. The number of rotatable bonds is 6. The first kappa shape index (κ1) is 22.7. The highest BCUT2D eigenvalue weighted by atomic mass is 16.6. The van der Waals surface area contributed by atoms with Crippen LogP contribution in [0.25, 0.3) is 21.9 Å². The minimum Gasteiger partial charge on any atom is -0.469 e. The van der Waals surface area contributed by atoms with Crippen LogP contribution in [0.2, 0.25) is 0 Å². The summed E-state index contributed by atoms with van der Waals surface area (Å²) in [4.78, 5) is 25.7. The first-order chi connectivity index (χ1) is 17.1. The van der Waals surface area contributed by atoms with Gasteiger partial charge in [0.25, 0.3) is 0 Å². The van der Waals surface area contributed by atoms with Crippen LogP contribution in [-0.2, 0) is 20.7 Å². The summed E-state index contributed by atoms with van der Waals surface area (Å²) >= 11 is 0. The quantitative estimate of drug-likeness (QED) is 0.352. The highest BCUT2D eigenvalue weighted by molar-refractivity contribution is 5.86. The molecule has 0 heterocycles. The number of amides is 1. The Morgan fingerprint density at radius 3 is 2.11 bits per heavy atom. The van der Waals surface area contributed by atoms with Crippen LogP contribution in [0.4, 0.5) is 4.79 Å². The molecule has 1 amide bonds. The Balaban J connectivity index is 1.41. The van der Waals surface area contributed by atoms with Crippen molar-refractivity contribution in [3.63, 3.8) is 0 Å². The maximum absolute atomic E-state index is 13.2. The lowest BCUT2D eigenvalue weighted by atomic mass is 9.92. The van der Waals surface area contributed by atoms with Crippen LogP contribution in [0.5, 0.6) is 0 Å². The Bertz CT molecular complexity index is 1350. The molecule has 0 bridgehead atoms. The van der Waals surface area contributed by atoms with E-state index in [2.05, 4.69) is 11.4 Å². The van der Waals surface area contributed by atoms with Crippen LogP contribution >= 0.6 is 0 Å². The van der Waals surface area contributed by atoms with Gasteiger partial charge in [0.05, 0.1) is 13.0 Å². The lowest BCUT2D eigenvalue weighted by Gasteiger charge is -2.25. The van der Waals surface area contributed by atoms with Gasteiger partial charge in [-0.1, -0.05) is 91.0 Å². The van der Waals surface area contributed by atoms with E-state index < -0.39 is 24.2 Å². The molecule has 5 rings (SSSR count). The van der Waals surface area contributed by atoms with E-state index in [1.807, 2.05) is 84.9 Å². The molecule has 0 saturated heterocycles. The Kier molecular flexibility index (Phi) is 6.23. The molecule has 1 N–H and O–H groups in total. The molecule has 0 saturated carbocycles. The summed E-state index contributed by atoms with van der Waals surface area (Å²) < 4.78 is 11.0. The van der Waals surface area contributed by atoms with Gasteiger partial charge in [0.15, 0.2) is 6.10 Å². The number of alkyl carbamates (subject to hydrolysis) is 1. The Labute approximate surface area is 204 Å². The summed E-state index contributed by atoms with van der Waals surface area (Å²) in [5, 5.41) is 5.17. The molecule has 0 aliphatic heterocycles. The molecule has 1 aliphatic carbocycles. The van der Waals surface area contributed by atoms with Crippen LogP contribution in [0.3, 0.4) is 0 Å². The topological polar surface area (TPSA) is 64.6 Å². The predicted molar refractivity (Wildman–Crippen MR) is 136 cm³/mol. The second kappa shape index (κ2) is 9.63. The van der Waals surface area contributed by atoms with Crippen molar-refractivity contribution in [3.8, 4) is 11.1 Å². The van der Waals surface area contributed by atoms with Crippen molar-refractivity contribution in [2.75, 3.05) is 7.11 Å². The fraction of sp³-hybridized carbons (Fsp3) is 0.200. The Hall–Kier alpha value is -4.12. The van der Waals surface area contributed by atoms with Crippen molar-refractivity contribution in [2.24, 2.45) is 5.92 Å².